The summed E-state index contributed by atoms with van der Waals surface area (Å²) in [6, 6.07) is 15.0. The summed E-state index contributed by atoms with van der Waals surface area (Å²) < 4.78 is 32.7. The number of para-hydroxylation sites is 1. The Hall–Kier alpha value is -3.54. The molecule has 0 saturated carbocycles. The van der Waals surface area contributed by atoms with Gasteiger partial charge in [-0.3, -0.25) is 9.59 Å². The first-order valence-corrected chi connectivity index (χ1v) is 16.0. The van der Waals surface area contributed by atoms with Crippen molar-refractivity contribution in [2.75, 3.05) is 24.5 Å². The zero-order chi connectivity index (χ0) is 29.3. The van der Waals surface area contributed by atoms with E-state index >= 15 is 0 Å². The van der Waals surface area contributed by atoms with Crippen LogP contribution in [0, 0.1) is 0 Å². The largest absolute Gasteiger partial charge is 0.372 e. The lowest BCUT2D eigenvalue weighted by molar-refractivity contribution is -0.117. The predicted octanol–water partition coefficient (Wildman–Crippen LogP) is 4.51. The first-order valence-electron chi connectivity index (χ1n) is 13.6. The molecule has 9 nitrogen and oxygen atoms in total. The normalized spacial score (nSPS) is 17.7. The number of ketones is 1. The zero-order valence-corrected chi connectivity index (χ0v) is 25.2. The third-order valence-electron chi connectivity index (χ3n) is 7.07. The van der Waals surface area contributed by atoms with Crippen molar-refractivity contribution in [1.29, 1.82) is 0 Å². The van der Waals surface area contributed by atoms with E-state index in [1.807, 2.05) is 17.5 Å². The summed E-state index contributed by atoms with van der Waals surface area (Å²) in [5.41, 5.74) is 3.52. The molecule has 2 aromatic carbocycles. The molecule has 1 saturated heterocycles. The Bertz CT molecular complexity index is 1680. The van der Waals surface area contributed by atoms with Gasteiger partial charge in [0.05, 0.1) is 47.2 Å². The van der Waals surface area contributed by atoms with Crippen molar-refractivity contribution in [2.45, 2.75) is 51.6 Å². The summed E-state index contributed by atoms with van der Waals surface area (Å²) >= 11 is 1.41. The highest BCUT2D eigenvalue weighted by Gasteiger charge is 2.25. The Labute approximate surface area is 244 Å². The van der Waals surface area contributed by atoms with Gasteiger partial charge in [-0.05, 0) is 45.9 Å². The molecule has 216 valence electrons. The second kappa shape index (κ2) is 11.8. The average Bonchev–Trinajstić information content (AvgIpc) is 3.57. The summed E-state index contributed by atoms with van der Waals surface area (Å²) in [5, 5.41) is 5.11. The Morgan fingerprint density at radius 3 is 2.56 bits per heavy atom. The van der Waals surface area contributed by atoms with Crippen LogP contribution in [0.15, 0.2) is 60.1 Å². The van der Waals surface area contributed by atoms with E-state index in [0.29, 0.717) is 15.9 Å². The molecule has 1 amide bonds. The Morgan fingerprint density at radius 1 is 1.10 bits per heavy atom. The van der Waals surface area contributed by atoms with Gasteiger partial charge < -0.3 is 15.0 Å². The topological polar surface area (TPSA) is 111 Å². The molecule has 4 aromatic rings. The molecule has 0 radical (unpaired) electrons. The van der Waals surface area contributed by atoms with Crippen molar-refractivity contribution in [3.05, 3.63) is 70.7 Å². The van der Waals surface area contributed by atoms with Crippen molar-refractivity contribution >= 4 is 49.6 Å². The monoisotopic (exact) mass is 594 g/mol. The highest BCUT2D eigenvalue weighted by Crippen LogP contribution is 2.28. The summed E-state index contributed by atoms with van der Waals surface area (Å²) in [6.45, 7) is 8.80. The van der Waals surface area contributed by atoms with Crippen molar-refractivity contribution in [3.8, 4) is 11.3 Å². The fraction of sp³-hybridized carbons (Fsp3) is 0.367. The Morgan fingerprint density at radius 2 is 1.83 bits per heavy atom. The standard InChI is InChI=1S/C30H34N4O5S2/c1-19(2)41(37,38)34-17-26(25-10-5-6-11-28(25)34)30(36)31-14-24(35)13-29-32-27(18-40-29)22-8-7-9-23(12-22)33-15-20(3)39-21(4)16-33/h5-12,17-21H,13-16H2,1-4H3,(H,31,36)/t20-,21+. The molecule has 1 aliphatic rings. The molecule has 0 aliphatic carbocycles. The third-order valence-corrected chi connectivity index (χ3v) is 9.96. The number of aromatic nitrogens is 2. The minimum atomic E-state index is -3.67. The molecule has 11 heteroatoms. The van der Waals surface area contributed by atoms with E-state index in [9.17, 15) is 18.0 Å². The second-order valence-corrected chi connectivity index (χ2v) is 14.0. The number of rotatable bonds is 9. The van der Waals surface area contributed by atoms with Crippen LogP contribution < -0.4 is 10.2 Å². The maximum absolute atomic E-state index is 13.0. The third kappa shape index (κ3) is 6.22. The van der Waals surface area contributed by atoms with Crippen LogP contribution in [-0.4, -0.2) is 66.2 Å². The first kappa shape index (κ1) is 29.0. The van der Waals surface area contributed by atoms with Crippen molar-refractivity contribution in [1.82, 2.24) is 14.3 Å². The van der Waals surface area contributed by atoms with Crippen LogP contribution in [0.1, 0.15) is 43.1 Å². The number of carbonyl (C=O) groups excluding carboxylic acids is 2. The lowest BCUT2D eigenvalue weighted by atomic mass is 10.1. The predicted molar refractivity (Wildman–Crippen MR) is 162 cm³/mol. The molecule has 41 heavy (non-hydrogen) atoms. The van der Waals surface area contributed by atoms with Gasteiger partial charge >= 0.3 is 0 Å². The van der Waals surface area contributed by atoms with E-state index < -0.39 is 21.2 Å². The highest BCUT2D eigenvalue weighted by atomic mass is 32.2. The number of hydrogen-bond donors (Lipinski definition) is 1. The molecular weight excluding hydrogens is 560 g/mol. The highest BCUT2D eigenvalue weighted by molar-refractivity contribution is 7.90. The maximum atomic E-state index is 13.0. The average molecular weight is 595 g/mol. The number of amides is 1. The molecular formula is C30H34N4O5S2. The molecule has 3 heterocycles. The van der Waals surface area contributed by atoms with Gasteiger partial charge in [-0.2, -0.15) is 0 Å². The number of anilines is 1. The molecule has 2 atom stereocenters. The van der Waals surface area contributed by atoms with Gasteiger partial charge in [0.1, 0.15) is 5.01 Å². The molecule has 0 bridgehead atoms. The summed E-state index contributed by atoms with van der Waals surface area (Å²) in [5.74, 6) is -0.696. The van der Waals surface area contributed by atoms with E-state index in [1.54, 1.807) is 38.1 Å². The molecule has 0 unspecified atom stereocenters. The summed E-state index contributed by atoms with van der Waals surface area (Å²) in [6.07, 6.45) is 1.74. The van der Waals surface area contributed by atoms with E-state index in [2.05, 4.69) is 41.2 Å². The zero-order valence-electron chi connectivity index (χ0n) is 23.5. The quantitative estimate of drug-likeness (QED) is 0.304. The smallest absolute Gasteiger partial charge is 0.253 e. The van der Waals surface area contributed by atoms with E-state index in [1.165, 1.54) is 17.5 Å². The molecule has 1 fully saturated rings. The van der Waals surface area contributed by atoms with Crippen LogP contribution in [0.2, 0.25) is 0 Å². The van der Waals surface area contributed by atoms with Crippen molar-refractivity contribution in [3.63, 3.8) is 0 Å². The lowest BCUT2D eigenvalue weighted by Crippen LogP contribution is -2.45. The summed E-state index contributed by atoms with van der Waals surface area (Å²) in [4.78, 5) is 32.8. The van der Waals surface area contributed by atoms with Gasteiger partial charge in [0, 0.05) is 41.3 Å². The number of thiazole rings is 1. The number of fused-ring (bicyclic) bond motifs is 1. The number of nitrogens with one attached hydrogen (secondary N) is 1. The van der Waals surface area contributed by atoms with Crippen LogP contribution in [0.3, 0.4) is 0 Å². The van der Waals surface area contributed by atoms with E-state index in [0.717, 1.165) is 34.0 Å². The lowest BCUT2D eigenvalue weighted by Gasteiger charge is -2.37. The Kier molecular flexibility index (Phi) is 8.30. The number of ether oxygens (including phenoxy) is 1. The fourth-order valence-electron chi connectivity index (χ4n) is 5.05. The number of benzene rings is 2. The van der Waals surface area contributed by atoms with E-state index in [4.69, 9.17) is 4.74 Å². The molecule has 2 aromatic heterocycles. The van der Waals surface area contributed by atoms with E-state index in [-0.39, 0.29) is 36.5 Å². The first-order chi connectivity index (χ1) is 19.5. The molecule has 1 N–H and O–H groups in total. The molecule has 5 rings (SSSR count). The SMILES string of the molecule is CC(C)S(=O)(=O)n1cc(C(=O)NCC(=O)Cc2nc(-c3cccc(N4C[C@@H](C)O[C@@H](C)C4)c3)cs2)c2ccccc21. The van der Waals surface area contributed by atoms with Crippen molar-refractivity contribution in [2.24, 2.45) is 0 Å². The van der Waals surface area contributed by atoms with Crippen LogP contribution in [-0.2, 0) is 26.0 Å². The summed E-state index contributed by atoms with van der Waals surface area (Å²) in [7, 11) is -3.67. The minimum Gasteiger partial charge on any atom is -0.372 e. The maximum Gasteiger partial charge on any atom is 0.253 e. The fourth-order valence-corrected chi connectivity index (χ4v) is 7.02. The molecule has 0 spiro atoms. The number of nitrogens with zero attached hydrogens (tertiary/aromatic N) is 3. The van der Waals surface area contributed by atoms with Crippen molar-refractivity contribution < 1.29 is 22.7 Å². The van der Waals surface area contributed by atoms with Gasteiger partial charge in [0.15, 0.2) is 5.78 Å². The number of Topliss-reactive ketones (excluding diaryl/α,β-unsaturated/α-hetero) is 1. The van der Waals surface area contributed by atoms with Crippen LogP contribution in [0.25, 0.3) is 22.2 Å². The second-order valence-electron chi connectivity index (χ2n) is 10.7. The van der Waals surface area contributed by atoms with Gasteiger partial charge in [-0.25, -0.2) is 17.4 Å². The molecule has 1 aliphatic heterocycles. The van der Waals surface area contributed by atoms with Crippen LogP contribution >= 0.6 is 11.3 Å². The number of carbonyl (C=O) groups is 2. The minimum absolute atomic E-state index is 0.0899. The van der Waals surface area contributed by atoms with Gasteiger partial charge in [0.25, 0.3) is 5.91 Å². The van der Waals surface area contributed by atoms with Gasteiger partial charge in [-0.15, -0.1) is 11.3 Å². The van der Waals surface area contributed by atoms with Crippen LogP contribution in [0.4, 0.5) is 5.69 Å². The van der Waals surface area contributed by atoms with Crippen LogP contribution in [0.5, 0.6) is 0 Å². The Balaban J connectivity index is 1.24. The number of hydrogen-bond acceptors (Lipinski definition) is 8. The van der Waals surface area contributed by atoms with Gasteiger partial charge in [0.2, 0.25) is 10.0 Å². The van der Waals surface area contributed by atoms with Gasteiger partial charge in [-0.1, -0.05) is 30.3 Å². The number of morpholine rings is 1.